The Hall–Kier alpha value is -3.86. The molecule has 0 atom stereocenters. The van der Waals surface area contributed by atoms with Crippen molar-refractivity contribution in [3.05, 3.63) is 77.4 Å². The fraction of sp³-hybridized carbons (Fsp3) is 0.120. The predicted molar refractivity (Wildman–Crippen MR) is 122 cm³/mol. The summed E-state index contributed by atoms with van der Waals surface area (Å²) in [7, 11) is 0. The summed E-state index contributed by atoms with van der Waals surface area (Å²) in [6, 6.07) is 20.2. The summed E-state index contributed by atoms with van der Waals surface area (Å²) in [4.78, 5) is 9.46. The van der Waals surface area contributed by atoms with Gasteiger partial charge in [-0.05, 0) is 72.9 Å². The molecule has 30 heavy (non-hydrogen) atoms. The van der Waals surface area contributed by atoms with Gasteiger partial charge in [0.15, 0.2) is 0 Å². The fourth-order valence-electron chi connectivity index (χ4n) is 4.03. The van der Waals surface area contributed by atoms with Crippen LogP contribution in [0.15, 0.2) is 60.7 Å². The van der Waals surface area contributed by atoms with Gasteiger partial charge in [-0.2, -0.15) is 0 Å². The van der Waals surface area contributed by atoms with Gasteiger partial charge in [-0.15, -0.1) is 10.2 Å². The second-order valence-corrected chi connectivity index (χ2v) is 7.68. The lowest BCUT2D eigenvalue weighted by Gasteiger charge is -2.12. The number of nitrogens with zero attached hydrogens (tertiary/aromatic N) is 4. The first kappa shape index (κ1) is 18.2. The molecule has 5 rings (SSSR count). The maximum absolute atomic E-state index is 6.10. The zero-order chi connectivity index (χ0) is 20.8. The number of aryl methyl sites for hydroxylation is 3. The maximum atomic E-state index is 6.10. The Labute approximate surface area is 174 Å². The second-order valence-electron chi connectivity index (χ2n) is 7.68. The number of aromatic nitrogens is 4. The Kier molecular flexibility index (Phi) is 4.17. The Bertz CT molecular complexity index is 1420. The average Bonchev–Trinajstić information content (AvgIpc) is 2.74. The minimum absolute atomic E-state index is 0.496. The molecule has 0 amide bonds. The molecule has 5 heteroatoms. The largest absolute Gasteiger partial charge is 0.397 e. The minimum Gasteiger partial charge on any atom is -0.397 e. The van der Waals surface area contributed by atoms with E-state index in [9.17, 15) is 0 Å². The molecule has 0 bridgehead atoms. The topological polar surface area (TPSA) is 77.6 Å². The molecule has 3 aromatic carbocycles. The first-order chi connectivity index (χ1) is 14.5. The van der Waals surface area contributed by atoms with Gasteiger partial charge >= 0.3 is 0 Å². The fourth-order valence-corrected chi connectivity index (χ4v) is 4.03. The van der Waals surface area contributed by atoms with Crippen molar-refractivity contribution in [1.82, 2.24) is 20.2 Å². The summed E-state index contributed by atoms with van der Waals surface area (Å²) in [5, 5.41) is 9.84. The summed E-state index contributed by atoms with van der Waals surface area (Å²) in [6.07, 6.45) is 0. The number of fused-ring (bicyclic) bond motifs is 2. The number of pyridine rings is 1. The third kappa shape index (κ3) is 2.95. The molecule has 2 heterocycles. The van der Waals surface area contributed by atoms with Gasteiger partial charge in [0.05, 0.1) is 16.7 Å². The van der Waals surface area contributed by atoms with Crippen LogP contribution < -0.4 is 5.73 Å². The van der Waals surface area contributed by atoms with Gasteiger partial charge in [0, 0.05) is 5.39 Å². The predicted octanol–water partition coefficient (Wildman–Crippen LogP) is 5.41. The summed E-state index contributed by atoms with van der Waals surface area (Å²) < 4.78 is 0. The molecule has 0 saturated heterocycles. The van der Waals surface area contributed by atoms with Crippen LogP contribution in [0, 0.1) is 20.8 Å². The van der Waals surface area contributed by atoms with Gasteiger partial charge in [0.2, 0.25) is 5.82 Å². The van der Waals surface area contributed by atoms with E-state index in [2.05, 4.69) is 66.3 Å². The number of hydrogen-bond acceptors (Lipinski definition) is 5. The lowest BCUT2D eigenvalue weighted by Crippen LogP contribution is -1.99. The van der Waals surface area contributed by atoms with Crippen LogP contribution in [0.1, 0.15) is 16.7 Å². The van der Waals surface area contributed by atoms with Gasteiger partial charge in [-0.1, -0.05) is 36.4 Å². The van der Waals surface area contributed by atoms with E-state index in [-0.39, 0.29) is 0 Å². The Morgan fingerprint density at radius 1 is 0.700 bits per heavy atom. The first-order valence-corrected chi connectivity index (χ1v) is 9.88. The average molecular weight is 391 g/mol. The van der Waals surface area contributed by atoms with E-state index in [1.54, 1.807) is 0 Å². The third-order valence-electron chi connectivity index (χ3n) is 5.50. The highest BCUT2D eigenvalue weighted by molar-refractivity contribution is 5.91. The molecule has 146 valence electrons. The molecule has 2 aromatic heterocycles. The van der Waals surface area contributed by atoms with Gasteiger partial charge in [-0.3, -0.25) is 0 Å². The molecule has 0 unspecified atom stereocenters. The minimum atomic E-state index is 0.496. The van der Waals surface area contributed by atoms with Gasteiger partial charge in [0.25, 0.3) is 0 Å². The second kappa shape index (κ2) is 6.88. The maximum Gasteiger partial charge on any atom is 0.201 e. The van der Waals surface area contributed by atoms with Crippen molar-refractivity contribution in [3.63, 3.8) is 0 Å². The summed E-state index contributed by atoms with van der Waals surface area (Å²) in [5.74, 6) is 0.496. The molecule has 0 aliphatic heterocycles. The Morgan fingerprint density at radius 3 is 2.27 bits per heavy atom. The quantitative estimate of drug-likeness (QED) is 0.407. The van der Waals surface area contributed by atoms with Crippen molar-refractivity contribution in [2.45, 2.75) is 20.8 Å². The SMILES string of the molecule is Cc1cccc(C)c1-c1cc(C)c2nc(-c3ccc4cccc(N)c4n3)nnc2c1. The normalized spacial score (nSPS) is 11.3. The molecular formula is C25H21N5. The lowest BCUT2D eigenvalue weighted by molar-refractivity contribution is 1.02. The molecule has 0 fully saturated rings. The van der Waals surface area contributed by atoms with Crippen molar-refractivity contribution < 1.29 is 0 Å². The Balaban J connectivity index is 1.65. The number of para-hydroxylation sites is 1. The van der Waals surface area contributed by atoms with Crippen LogP contribution in [0.2, 0.25) is 0 Å². The van der Waals surface area contributed by atoms with Crippen molar-refractivity contribution in [2.24, 2.45) is 0 Å². The van der Waals surface area contributed by atoms with E-state index in [1.807, 2.05) is 30.3 Å². The van der Waals surface area contributed by atoms with Crippen molar-refractivity contribution in [2.75, 3.05) is 5.73 Å². The van der Waals surface area contributed by atoms with E-state index in [0.717, 1.165) is 33.1 Å². The number of anilines is 1. The zero-order valence-corrected chi connectivity index (χ0v) is 17.1. The van der Waals surface area contributed by atoms with Crippen molar-refractivity contribution in [1.29, 1.82) is 0 Å². The first-order valence-electron chi connectivity index (χ1n) is 9.88. The summed E-state index contributed by atoms with van der Waals surface area (Å²) >= 11 is 0. The number of benzene rings is 3. The van der Waals surface area contributed by atoms with Gasteiger partial charge in [0.1, 0.15) is 11.2 Å². The highest BCUT2D eigenvalue weighted by Gasteiger charge is 2.13. The van der Waals surface area contributed by atoms with Crippen LogP contribution in [0.25, 0.3) is 44.6 Å². The molecule has 0 radical (unpaired) electrons. The molecule has 0 spiro atoms. The molecule has 0 aliphatic rings. The van der Waals surface area contributed by atoms with Crippen LogP contribution in [0.3, 0.4) is 0 Å². The Morgan fingerprint density at radius 2 is 1.47 bits per heavy atom. The van der Waals surface area contributed by atoms with Crippen molar-refractivity contribution >= 4 is 27.6 Å². The van der Waals surface area contributed by atoms with Crippen LogP contribution in [-0.4, -0.2) is 20.2 Å². The van der Waals surface area contributed by atoms with Crippen LogP contribution in [0.4, 0.5) is 5.69 Å². The van der Waals surface area contributed by atoms with Crippen LogP contribution in [-0.2, 0) is 0 Å². The molecular weight excluding hydrogens is 370 g/mol. The number of nitrogen functional groups attached to an aromatic ring is 1. The zero-order valence-electron chi connectivity index (χ0n) is 17.1. The monoisotopic (exact) mass is 391 g/mol. The number of rotatable bonds is 2. The molecule has 0 saturated carbocycles. The third-order valence-corrected chi connectivity index (χ3v) is 5.50. The van der Waals surface area contributed by atoms with E-state index in [0.29, 0.717) is 17.2 Å². The van der Waals surface area contributed by atoms with E-state index < -0.39 is 0 Å². The molecule has 5 aromatic rings. The summed E-state index contributed by atoms with van der Waals surface area (Å²) in [5.41, 5.74) is 15.7. The smallest absolute Gasteiger partial charge is 0.201 e. The van der Waals surface area contributed by atoms with E-state index >= 15 is 0 Å². The standard InChI is InChI=1S/C25H21N5/c1-14-6-4-7-15(2)22(14)18-12-16(3)23-21(13-18)29-30-25(28-23)20-11-10-17-8-5-9-19(26)24(17)27-20/h4-13H,26H2,1-3H3. The highest BCUT2D eigenvalue weighted by atomic mass is 15.2. The van der Waals surface area contributed by atoms with Crippen LogP contribution >= 0.6 is 0 Å². The van der Waals surface area contributed by atoms with Gasteiger partial charge < -0.3 is 5.73 Å². The lowest BCUT2D eigenvalue weighted by atomic mass is 9.94. The van der Waals surface area contributed by atoms with E-state index in [4.69, 9.17) is 10.7 Å². The number of nitrogens with two attached hydrogens (primary N) is 1. The van der Waals surface area contributed by atoms with Crippen molar-refractivity contribution in [3.8, 4) is 22.6 Å². The highest BCUT2D eigenvalue weighted by Crippen LogP contribution is 2.31. The van der Waals surface area contributed by atoms with E-state index in [1.165, 1.54) is 16.7 Å². The molecule has 5 nitrogen and oxygen atoms in total. The molecule has 0 aliphatic carbocycles. The van der Waals surface area contributed by atoms with Crippen LogP contribution in [0.5, 0.6) is 0 Å². The molecule has 2 N–H and O–H groups in total. The van der Waals surface area contributed by atoms with Gasteiger partial charge in [-0.25, -0.2) is 9.97 Å². The number of hydrogen-bond donors (Lipinski definition) is 1. The summed E-state index contributed by atoms with van der Waals surface area (Å²) in [6.45, 7) is 6.32.